The Morgan fingerprint density at radius 3 is 2.48 bits per heavy atom. The highest BCUT2D eigenvalue weighted by molar-refractivity contribution is 6.30. The number of piperazine rings is 1. The van der Waals surface area contributed by atoms with Crippen molar-refractivity contribution >= 4 is 23.5 Å². The third-order valence-corrected chi connectivity index (χ3v) is 3.62. The monoisotopic (exact) mass is 302 g/mol. The van der Waals surface area contributed by atoms with Crippen molar-refractivity contribution in [1.82, 2.24) is 14.9 Å². The van der Waals surface area contributed by atoms with Crippen molar-refractivity contribution in [3.05, 3.63) is 53.3 Å². The van der Waals surface area contributed by atoms with Crippen LogP contribution in [0.4, 0.5) is 5.95 Å². The number of nitrogens with zero attached hydrogens (tertiary/aromatic N) is 4. The summed E-state index contributed by atoms with van der Waals surface area (Å²) in [5, 5.41) is 0.493. The molecule has 1 aliphatic heterocycles. The van der Waals surface area contributed by atoms with Crippen LogP contribution in [-0.2, 0) is 11.3 Å². The minimum atomic E-state index is 0.0867. The number of benzene rings is 1. The van der Waals surface area contributed by atoms with Crippen molar-refractivity contribution in [2.45, 2.75) is 6.54 Å². The molecule has 1 aromatic carbocycles. The Labute approximate surface area is 128 Å². The molecule has 0 radical (unpaired) electrons. The second-order valence-electron chi connectivity index (χ2n) is 4.92. The first-order valence-electron chi connectivity index (χ1n) is 6.76. The van der Waals surface area contributed by atoms with Crippen molar-refractivity contribution in [2.75, 3.05) is 24.5 Å². The van der Waals surface area contributed by atoms with Crippen LogP contribution in [0.1, 0.15) is 5.56 Å². The summed E-state index contributed by atoms with van der Waals surface area (Å²) < 4.78 is 0. The van der Waals surface area contributed by atoms with Crippen molar-refractivity contribution < 1.29 is 4.79 Å². The smallest absolute Gasteiger partial charge is 0.242 e. The number of aromatic nitrogens is 2. The van der Waals surface area contributed by atoms with Gasteiger partial charge in [-0.25, -0.2) is 9.97 Å². The van der Waals surface area contributed by atoms with Gasteiger partial charge in [0.15, 0.2) is 0 Å². The zero-order chi connectivity index (χ0) is 14.7. The number of carbonyl (C=O) groups is 1. The van der Waals surface area contributed by atoms with Crippen LogP contribution in [0, 0.1) is 0 Å². The fourth-order valence-electron chi connectivity index (χ4n) is 2.32. The number of carbonyl (C=O) groups excluding carboxylic acids is 1. The molecule has 1 aromatic heterocycles. The minimum absolute atomic E-state index is 0.0867. The van der Waals surface area contributed by atoms with E-state index in [-0.39, 0.29) is 5.91 Å². The number of amides is 1. The zero-order valence-corrected chi connectivity index (χ0v) is 12.2. The van der Waals surface area contributed by atoms with Crippen LogP contribution in [0.25, 0.3) is 0 Å². The van der Waals surface area contributed by atoms with Gasteiger partial charge in [-0.2, -0.15) is 0 Å². The van der Waals surface area contributed by atoms with Crippen LogP contribution in [0.5, 0.6) is 0 Å². The Kier molecular flexibility index (Phi) is 4.01. The van der Waals surface area contributed by atoms with Crippen LogP contribution < -0.4 is 4.90 Å². The maximum Gasteiger partial charge on any atom is 0.242 e. The highest BCUT2D eigenvalue weighted by Crippen LogP contribution is 2.15. The third-order valence-electron chi connectivity index (χ3n) is 3.42. The van der Waals surface area contributed by atoms with Crippen LogP contribution in [0.3, 0.4) is 0 Å². The Balaban J connectivity index is 1.64. The molecule has 0 atom stereocenters. The van der Waals surface area contributed by atoms with Gasteiger partial charge in [0.2, 0.25) is 11.9 Å². The molecule has 0 saturated carbocycles. The van der Waals surface area contributed by atoms with E-state index in [0.717, 1.165) is 12.1 Å². The van der Waals surface area contributed by atoms with E-state index in [4.69, 9.17) is 11.6 Å². The highest BCUT2D eigenvalue weighted by Gasteiger charge is 2.25. The summed E-state index contributed by atoms with van der Waals surface area (Å²) in [6.07, 6.45) is 3.09. The Bertz CT molecular complexity index is 617. The summed E-state index contributed by atoms with van der Waals surface area (Å²) in [5.41, 5.74) is 1.14. The van der Waals surface area contributed by atoms with E-state index in [1.54, 1.807) is 12.4 Å². The lowest BCUT2D eigenvalue weighted by Crippen LogP contribution is -2.50. The molecular formula is C15H15ClN4O. The Hall–Kier alpha value is -2.14. The second kappa shape index (κ2) is 6.10. The molecule has 1 amide bonds. The molecule has 6 heteroatoms. The average Bonchev–Trinajstić information content (AvgIpc) is 2.51. The van der Waals surface area contributed by atoms with Crippen LogP contribution in [0.15, 0.2) is 42.7 Å². The summed E-state index contributed by atoms with van der Waals surface area (Å²) in [5.74, 6) is 0.635. The largest absolute Gasteiger partial charge is 0.335 e. The third kappa shape index (κ3) is 3.31. The lowest BCUT2D eigenvalue weighted by Gasteiger charge is -2.34. The second-order valence-corrected chi connectivity index (χ2v) is 5.36. The molecule has 1 fully saturated rings. The fourth-order valence-corrected chi connectivity index (χ4v) is 2.42. The van der Waals surface area contributed by atoms with E-state index >= 15 is 0 Å². The number of hydrogen-bond donors (Lipinski definition) is 0. The van der Waals surface area contributed by atoms with Gasteiger partial charge in [-0.15, -0.1) is 0 Å². The first kappa shape index (κ1) is 13.8. The van der Waals surface area contributed by atoms with Gasteiger partial charge < -0.3 is 9.80 Å². The maximum absolute atomic E-state index is 12.3. The predicted molar refractivity (Wildman–Crippen MR) is 81.1 cm³/mol. The van der Waals surface area contributed by atoms with Crippen LogP contribution in [-0.4, -0.2) is 40.4 Å². The van der Waals surface area contributed by atoms with E-state index in [9.17, 15) is 4.79 Å². The zero-order valence-electron chi connectivity index (χ0n) is 11.4. The quantitative estimate of drug-likeness (QED) is 0.870. The molecule has 0 aliphatic carbocycles. The molecule has 1 aliphatic rings. The van der Waals surface area contributed by atoms with E-state index in [1.807, 2.05) is 40.1 Å². The number of anilines is 1. The predicted octanol–water partition coefficient (Wildman–Crippen LogP) is 1.98. The molecular weight excluding hydrogens is 288 g/mol. The van der Waals surface area contributed by atoms with Gasteiger partial charge in [0.1, 0.15) is 6.54 Å². The standard InChI is InChI=1S/C15H15ClN4O/c16-13-8-17-15(18-9-13)20-7-6-19(14(21)11-20)10-12-4-2-1-3-5-12/h1-5,8-9H,6-7,10-11H2. The van der Waals surface area contributed by atoms with E-state index < -0.39 is 0 Å². The Morgan fingerprint density at radius 2 is 1.81 bits per heavy atom. The van der Waals surface area contributed by atoms with E-state index in [2.05, 4.69) is 9.97 Å². The van der Waals surface area contributed by atoms with Crippen molar-refractivity contribution in [3.8, 4) is 0 Å². The lowest BCUT2D eigenvalue weighted by molar-refractivity contribution is -0.131. The summed E-state index contributed by atoms with van der Waals surface area (Å²) in [4.78, 5) is 24.3. The van der Waals surface area contributed by atoms with Crippen LogP contribution >= 0.6 is 11.6 Å². The highest BCUT2D eigenvalue weighted by atomic mass is 35.5. The lowest BCUT2D eigenvalue weighted by atomic mass is 10.2. The van der Waals surface area contributed by atoms with Crippen molar-refractivity contribution in [3.63, 3.8) is 0 Å². The number of rotatable bonds is 3. The summed E-state index contributed by atoms with van der Waals surface area (Å²) >= 11 is 5.77. The maximum atomic E-state index is 12.3. The van der Waals surface area contributed by atoms with Crippen molar-refractivity contribution in [2.24, 2.45) is 0 Å². The fraction of sp³-hybridized carbons (Fsp3) is 0.267. The van der Waals surface area contributed by atoms with Gasteiger partial charge in [-0.3, -0.25) is 4.79 Å². The van der Waals surface area contributed by atoms with Crippen molar-refractivity contribution in [1.29, 1.82) is 0 Å². The van der Waals surface area contributed by atoms with Gasteiger partial charge in [0, 0.05) is 19.6 Å². The summed E-state index contributed by atoms with van der Waals surface area (Å²) in [6.45, 7) is 2.34. The number of hydrogen-bond acceptors (Lipinski definition) is 4. The Morgan fingerprint density at radius 1 is 1.10 bits per heavy atom. The van der Waals surface area contributed by atoms with Gasteiger partial charge in [0.05, 0.1) is 17.4 Å². The SMILES string of the molecule is O=C1CN(c2ncc(Cl)cn2)CCN1Cc1ccccc1. The first-order chi connectivity index (χ1) is 10.2. The molecule has 0 unspecified atom stereocenters. The van der Waals surface area contributed by atoms with Crippen LogP contribution in [0.2, 0.25) is 5.02 Å². The van der Waals surface area contributed by atoms with E-state index in [1.165, 1.54) is 0 Å². The molecule has 1 saturated heterocycles. The average molecular weight is 303 g/mol. The van der Waals surface area contributed by atoms with E-state index in [0.29, 0.717) is 30.6 Å². The minimum Gasteiger partial charge on any atom is -0.335 e. The molecule has 108 valence electrons. The molecule has 21 heavy (non-hydrogen) atoms. The summed E-state index contributed by atoms with van der Waals surface area (Å²) in [6, 6.07) is 10.0. The molecule has 2 heterocycles. The molecule has 3 rings (SSSR count). The molecule has 5 nitrogen and oxygen atoms in total. The van der Waals surface area contributed by atoms with Gasteiger partial charge in [-0.1, -0.05) is 41.9 Å². The van der Waals surface area contributed by atoms with Gasteiger partial charge in [-0.05, 0) is 5.56 Å². The first-order valence-corrected chi connectivity index (χ1v) is 7.14. The molecule has 2 aromatic rings. The number of halogens is 1. The van der Waals surface area contributed by atoms with Gasteiger partial charge >= 0.3 is 0 Å². The van der Waals surface area contributed by atoms with Gasteiger partial charge in [0.25, 0.3) is 0 Å². The topological polar surface area (TPSA) is 49.3 Å². The summed E-state index contributed by atoms with van der Waals surface area (Å²) in [7, 11) is 0. The normalized spacial score (nSPS) is 15.4. The molecule has 0 bridgehead atoms. The molecule has 0 N–H and O–H groups in total. The molecule has 0 spiro atoms.